The molecule has 0 aromatic rings. The maximum absolute atomic E-state index is 10.5. The Labute approximate surface area is 101 Å². The number of rotatable bonds is 5. The van der Waals surface area contributed by atoms with E-state index in [-0.39, 0.29) is 11.3 Å². The first-order chi connectivity index (χ1) is 8.22. The number of quaternary nitrogens is 1. The summed E-state index contributed by atoms with van der Waals surface area (Å²) in [6.45, 7) is 0. The van der Waals surface area contributed by atoms with E-state index in [9.17, 15) is 40.2 Å². The third-order valence-corrected chi connectivity index (χ3v) is 1.70. The lowest BCUT2D eigenvalue weighted by atomic mass is 10.4. The van der Waals surface area contributed by atoms with Gasteiger partial charge in [0.05, 0.1) is 4.92 Å². The van der Waals surface area contributed by atoms with E-state index in [1.165, 1.54) is 5.43 Å². The zero-order valence-electron chi connectivity index (χ0n) is 9.03. The van der Waals surface area contributed by atoms with Gasteiger partial charge in [0.25, 0.3) is 0 Å². The molecule has 0 aromatic carbocycles. The Bertz CT molecular complexity index is 431. The molecule has 0 radical (unpaired) electrons. The number of nitrogens with one attached hydrogen (secondary N) is 1. The van der Waals surface area contributed by atoms with Gasteiger partial charge in [0.1, 0.15) is 9.85 Å². The van der Waals surface area contributed by atoms with Crippen molar-refractivity contribution < 1.29 is 24.7 Å². The van der Waals surface area contributed by atoms with Crippen molar-refractivity contribution in [2.45, 2.75) is 12.1 Å². The van der Waals surface area contributed by atoms with E-state index < -0.39 is 32.8 Å². The van der Waals surface area contributed by atoms with E-state index in [0.29, 0.717) is 0 Å². The smallest absolute Gasteiger partial charge is 0.540 e. The number of nitrogens with zero attached hydrogens (tertiary/aromatic N) is 6. The van der Waals surface area contributed by atoms with Gasteiger partial charge in [-0.25, -0.2) is 0 Å². The maximum atomic E-state index is 10.5. The first kappa shape index (κ1) is 16.0. The van der Waals surface area contributed by atoms with Crippen molar-refractivity contribution in [2.75, 3.05) is 0 Å². The molecule has 16 nitrogen and oxygen atoms in total. The molecule has 0 fully saturated rings. The highest BCUT2D eigenvalue weighted by Crippen LogP contribution is 2.18. The Morgan fingerprint density at radius 3 is 1.95 bits per heavy atom. The summed E-state index contributed by atoms with van der Waals surface area (Å²) in [6, 6.07) is 0. The summed E-state index contributed by atoms with van der Waals surface area (Å²) in [5.41, 5.74) is 1.32. The van der Waals surface area contributed by atoms with Crippen LogP contribution in [0.15, 0.2) is 10.3 Å². The highest BCUT2D eigenvalue weighted by molar-refractivity contribution is 5.73. The van der Waals surface area contributed by atoms with Crippen LogP contribution in [0.2, 0.25) is 0 Å². The van der Waals surface area contributed by atoms with Gasteiger partial charge < -0.3 is 16.1 Å². The first-order valence-electron chi connectivity index (χ1n) is 3.85. The number of carbonyl (C=O) groups is 1. The van der Waals surface area contributed by atoms with Crippen LogP contribution in [0.3, 0.4) is 0 Å². The van der Waals surface area contributed by atoms with Gasteiger partial charge in [0, 0.05) is 0 Å². The molecule has 1 aliphatic rings. The van der Waals surface area contributed by atoms with Crippen molar-refractivity contribution in [1.82, 2.24) is 16.7 Å². The molecule has 16 heteroatoms. The largest absolute Gasteiger partial charge is 0.565 e. The van der Waals surface area contributed by atoms with Crippen molar-refractivity contribution in [3.8, 4) is 0 Å². The monoisotopic (exact) mass is 282 g/mol. The highest BCUT2D eigenvalue weighted by Gasteiger charge is 2.57. The van der Waals surface area contributed by atoms with Crippen LogP contribution in [0.25, 0.3) is 0 Å². The van der Waals surface area contributed by atoms with Crippen molar-refractivity contribution in [3.05, 3.63) is 30.3 Å². The zero-order valence-corrected chi connectivity index (χ0v) is 9.03. The third-order valence-electron chi connectivity index (χ3n) is 1.70. The third kappa shape index (κ3) is 2.47. The van der Waals surface area contributed by atoms with Gasteiger partial charge in [-0.15, -0.1) is 5.43 Å². The summed E-state index contributed by atoms with van der Waals surface area (Å²) >= 11 is 0. The summed E-state index contributed by atoms with van der Waals surface area (Å²) in [7, 11) is 0. The minimum absolute atomic E-state index is 0. The molecule has 0 bridgehead atoms. The standard InChI is InChI=1S/C3H3N7O8.H3N/c11-1(12)3(10(17)18)4-6-7(5-3)2(8(13)14)9(15)16;/h2,5H,(H,11,12);1H3. The Morgan fingerprint density at radius 1 is 1.21 bits per heavy atom. The normalized spacial score (nSPS) is 21.0. The Hall–Kier alpha value is -3.01. The molecule has 106 valence electrons. The topological polar surface area (TPSA) is 246 Å². The molecule has 1 aliphatic heterocycles. The van der Waals surface area contributed by atoms with Crippen LogP contribution in [0, 0.1) is 30.3 Å². The van der Waals surface area contributed by atoms with Gasteiger partial charge in [0.2, 0.25) is 0 Å². The summed E-state index contributed by atoms with van der Waals surface area (Å²) in [6.07, 6.45) is -2.77. The second kappa shape index (κ2) is 5.10. The van der Waals surface area contributed by atoms with Crippen LogP contribution in [0.5, 0.6) is 0 Å². The van der Waals surface area contributed by atoms with Crippen molar-refractivity contribution >= 4 is 5.97 Å². The predicted molar refractivity (Wildman–Crippen MR) is 48.3 cm³/mol. The minimum Gasteiger partial charge on any atom is -0.540 e. The molecule has 1 heterocycles. The lowest BCUT2D eigenvalue weighted by Crippen LogP contribution is -2.65. The van der Waals surface area contributed by atoms with E-state index in [4.69, 9.17) is 0 Å². The molecule has 19 heavy (non-hydrogen) atoms. The van der Waals surface area contributed by atoms with Gasteiger partial charge in [-0.1, -0.05) is 10.2 Å². The number of hydrogen-bond acceptors (Lipinski definition) is 12. The Kier molecular flexibility index (Phi) is 4.29. The summed E-state index contributed by atoms with van der Waals surface area (Å²) in [5.74, 6) is -5.71. The fourth-order valence-electron chi connectivity index (χ4n) is 0.915. The lowest BCUT2D eigenvalue weighted by Gasteiger charge is -2.18. The van der Waals surface area contributed by atoms with E-state index in [1.54, 1.807) is 0 Å². The van der Waals surface area contributed by atoms with Crippen LogP contribution in [-0.4, -0.2) is 37.9 Å². The second-order valence-electron chi connectivity index (χ2n) is 2.78. The Morgan fingerprint density at radius 2 is 1.68 bits per heavy atom. The first-order valence-corrected chi connectivity index (χ1v) is 3.85. The number of hydrogen-bond donors (Lipinski definition) is 2. The molecule has 0 saturated carbocycles. The highest BCUT2D eigenvalue weighted by atomic mass is 16.7. The van der Waals surface area contributed by atoms with Crippen LogP contribution >= 0.6 is 0 Å². The van der Waals surface area contributed by atoms with Crippen LogP contribution < -0.4 is 16.7 Å². The van der Waals surface area contributed by atoms with Gasteiger partial charge in [-0.05, 0) is 5.22 Å². The lowest BCUT2D eigenvalue weighted by molar-refractivity contribution is -0.773. The number of aliphatic carboxylic acids is 1. The number of carboxylic acids is 1. The predicted octanol–water partition coefficient (Wildman–Crippen LogP) is -2.93. The Balaban J connectivity index is 0.00000324. The average molecular weight is 282 g/mol. The number of carbonyl (C=O) groups excluding carboxylic acids is 1. The van der Waals surface area contributed by atoms with Crippen molar-refractivity contribution in [3.63, 3.8) is 0 Å². The van der Waals surface area contributed by atoms with Crippen LogP contribution in [0.1, 0.15) is 0 Å². The van der Waals surface area contributed by atoms with Gasteiger partial charge in [-0.2, -0.15) is 0 Å². The van der Waals surface area contributed by atoms with E-state index in [2.05, 4.69) is 10.3 Å². The molecular weight excluding hydrogens is 276 g/mol. The molecule has 0 amide bonds. The number of carboxylic acid groups (broad SMARTS) is 1. The minimum atomic E-state index is -3.33. The molecule has 1 unspecified atom stereocenters. The fraction of sp³-hybridized carbons (Fsp3) is 0.667. The van der Waals surface area contributed by atoms with Gasteiger partial charge in [-0.3, -0.25) is 30.3 Å². The van der Waals surface area contributed by atoms with Crippen LogP contribution in [0.4, 0.5) is 0 Å². The van der Waals surface area contributed by atoms with E-state index in [1.807, 2.05) is 0 Å². The van der Waals surface area contributed by atoms with Crippen LogP contribution in [-0.2, 0) is 4.79 Å². The summed E-state index contributed by atoms with van der Waals surface area (Å²) in [4.78, 5) is 37.2. The number of hydrazine groups is 1. The number of nitro groups is 3. The van der Waals surface area contributed by atoms with Gasteiger partial charge in [0.15, 0.2) is 5.97 Å². The summed E-state index contributed by atoms with van der Waals surface area (Å²) < 4.78 is 0. The average Bonchev–Trinajstić information content (AvgIpc) is 2.62. The quantitative estimate of drug-likeness (QED) is 0.294. The van der Waals surface area contributed by atoms with Crippen molar-refractivity contribution in [1.29, 1.82) is 0 Å². The second-order valence-corrected chi connectivity index (χ2v) is 2.78. The van der Waals surface area contributed by atoms with E-state index in [0.717, 1.165) is 0 Å². The maximum Gasteiger partial charge on any atom is 0.565 e. The van der Waals surface area contributed by atoms with Crippen molar-refractivity contribution in [2.24, 2.45) is 10.3 Å². The molecule has 1 rings (SSSR count). The molecule has 0 saturated heterocycles. The SMILES string of the molecule is O=C([O-])C1([N+](=O)[O-])N=NN(C([N+](=O)[O-])[N+](=O)[O-])N1.[NH4+]. The molecule has 1 atom stereocenters. The molecule has 0 aliphatic carbocycles. The molecule has 0 aromatic heterocycles. The fourth-order valence-corrected chi connectivity index (χ4v) is 0.915. The molecule has 5 N–H and O–H groups in total. The summed E-state index contributed by atoms with van der Waals surface area (Å²) in [5, 5.41) is 46.7. The van der Waals surface area contributed by atoms with Gasteiger partial charge >= 0.3 is 12.1 Å². The zero-order chi connectivity index (χ0) is 14.1. The molecule has 0 spiro atoms. The molecular formula is C3H6N8O8. The van der Waals surface area contributed by atoms with E-state index >= 15 is 0 Å².